The third kappa shape index (κ3) is 1.90. The van der Waals surface area contributed by atoms with Gasteiger partial charge in [0.1, 0.15) is 6.61 Å². The lowest BCUT2D eigenvalue weighted by atomic mass is 10.5. The van der Waals surface area contributed by atoms with E-state index in [0.29, 0.717) is 13.2 Å². The molecule has 1 fully saturated rings. The summed E-state index contributed by atoms with van der Waals surface area (Å²) in [6.07, 6.45) is 0. The molecule has 0 aliphatic carbocycles. The molecule has 4 heteroatoms. The van der Waals surface area contributed by atoms with Crippen molar-refractivity contribution in [2.45, 2.75) is 0 Å². The summed E-state index contributed by atoms with van der Waals surface area (Å²) in [5.41, 5.74) is 0. The van der Waals surface area contributed by atoms with E-state index in [2.05, 4.69) is 5.32 Å². The Bertz CT molecular complexity index is 76.1. The van der Waals surface area contributed by atoms with Gasteiger partial charge in [0, 0.05) is 6.54 Å². The van der Waals surface area contributed by atoms with Crippen molar-refractivity contribution in [3.8, 4) is 0 Å². The van der Waals surface area contributed by atoms with E-state index < -0.39 is 0 Å². The Balaban J connectivity index is 0.000000490. The Morgan fingerprint density at radius 2 is 2.38 bits per heavy atom. The van der Waals surface area contributed by atoms with Gasteiger partial charge >= 0.3 is 0 Å². The zero-order chi connectivity index (χ0) is 5.11. The first-order valence-electron chi connectivity index (χ1n) is 2.24. The van der Waals surface area contributed by atoms with Crippen molar-refractivity contribution in [1.29, 1.82) is 0 Å². The van der Waals surface area contributed by atoms with Crippen LogP contribution >= 0.6 is 0 Å². The van der Waals surface area contributed by atoms with Crippen LogP contribution in [0.5, 0.6) is 0 Å². The zero-order valence-electron chi connectivity index (χ0n) is 4.64. The molecule has 8 heavy (non-hydrogen) atoms. The van der Waals surface area contributed by atoms with E-state index in [0.717, 1.165) is 0 Å². The molecule has 0 atom stereocenters. The van der Waals surface area contributed by atoms with Crippen molar-refractivity contribution < 1.29 is 9.53 Å². The zero-order valence-corrected chi connectivity index (χ0v) is 4.64. The highest BCUT2D eigenvalue weighted by Gasteiger charge is 2.04. The average Bonchev–Trinajstić information content (AvgIpc) is 1.69. The number of hydrogen-bond donors (Lipinski definition) is 2. The topological polar surface area (TPSA) is 73.3 Å². The van der Waals surface area contributed by atoms with Crippen LogP contribution in [-0.4, -0.2) is 25.7 Å². The molecule has 1 amide bonds. The fourth-order valence-electron chi connectivity index (χ4n) is 0.479. The highest BCUT2D eigenvalue weighted by Crippen LogP contribution is 1.79. The van der Waals surface area contributed by atoms with Crippen LogP contribution in [0, 0.1) is 0 Å². The van der Waals surface area contributed by atoms with Crippen LogP contribution < -0.4 is 11.5 Å². The van der Waals surface area contributed by atoms with Crippen molar-refractivity contribution in [2.24, 2.45) is 0 Å². The maximum atomic E-state index is 10.2. The molecule has 0 aromatic rings. The summed E-state index contributed by atoms with van der Waals surface area (Å²) in [4.78, 5) is 10.2. The molecule has 1 saturated heterocycles. The summed E-state index contributed by atoms with van der Waals surface area (Å²) in [5, 5.41) is 2.62. The van der Waals surface area contributed by atoms with Crippen LogP contribution in [0.15, 0.2) is 0 Å². The molecule has 0 unspecified atom stereocenters. The van der Waals surface area contributed by atoms with Gasteiger partial charge in [0.2, 0.25) is 5.91 Å². The number of ether oxygens (including phenoxy) is 1. The van der Waals surface area contributed by atoms with Gasteiger partial charge in [-0.1, -0.05) is 0 Å². The molecule has 0 bridgehead atoms. The van der Waals surface area contributed by atoms with E-state index in [-0.39, 0.29) is 18.7 Å². The van der Waals surface area contributed by atoms with Crippen molar-refractivity contribution in [3.05, 3.63) is 0 Å². The maximum absolute atomic E-state index is 10.2. The quantitative estimate of drug-likeness (QED) is 0.441. The van der Waals surface area contributed by atoms with Crippen LogP contribution in [0.25, 0.3) is 0 Å². The third-order valence-corrected chi connectivity index (χ3v) is 0.802. The van der Waals surface area contributed by atoms with Gasteiger partial charge in [0.25, 0.3) is 0 Å². The highest BCUT2D eigenvalue weighted by atomic mass is 16.5. The van der Waals surface area contributed by atoms with Gasteiger partial charge in [0.15, 0.2) is 0 Å². The second kappa shape index (κ2) is 3.40. The molecule has 0 aromatic heterocycles. The molecule has 1 aliphatic rings. The lowest BCUT2D eigenvalue weighted by molar-refractivity contribution is -0.128. The summed E-state index contributed by atoms with van der Waals surface area (Å²) in [6, 6.07) is 0. The minimum Gasteiger partial charge on any atom is -0.370 e. The number of nitrogens with one attached hydrogen (secondary N) is 1. The summed E-state index contributed by atoms with van der Waals surface area (Å²) >= 11 is 0. The van der Waals surface area contributed by atoms with Gasteiger partial charge in [-0.25, -0.2) is 0 Å². The van der Waals surface area contributed by atoms with Crippen molar-refractivity contribution in [2.75, 3.05) is 19.8 Å². The molecule has 0 saturated carbocycles. The van der Waals surface area contributed by atoms with E-state index >= 15 is 0 Å². The Morgan fingerprint density at radius 3 is 2.62 bits per heavy atom. The molecule has 48 valence electrons. The standard InChI is InChI=1S/C4H7NO2.H3N/c6-4-3-7-2-1-5-4;/h1-3H2,(H,5,6);1H3. The SMILES string of the molecule is N.O=C1COCCN1. The van der Waals surface area contributed by atoms with Crippen molar-refractivity contribution in [1.82, 2.24) is 11.5 Å². The van der Waals surface area contributed by atoms with Crippen LogP contribution in [0.1, 0.15) is 0 Å². The summed E-state index contributed by atoms with van der Waals surface area (Å²) in [7, 11) is 0. The summed E-state index contributed by atoms with van der Waals surface area (Å²) in [5.74, 6) is -0.00810. The second-order valence-electron chi connectivity index (χ2n) is 1.40. The Morgan fingerprint density at radius 1 is 1.62 bits per heavy atom. The Hall–Kier alpha value is -0.610. The highest BCUT2D eigenvalue weighted by molar-refractivity contribution is 5.77. The summed E-state index contributed by atoms with van der Waals surface area (Å²) in [6.45, 7) is 1.56. The molecule has 1 heterocycles. The molecule has 1 rings (SSSR count). The number of carbonyl (C=O) groups is 1. The number of morpholine rings is 1. The number of carbonyl (C=O) groups excluding carboxylic acids is 1. The lowest BCUT2D eigenvalue weighted by Gasteiger charge is -2.10. The van der Waals surface area contributed by atoms with Gasteiger partial charge in [-0.15, -0.1) is 0 Å². The molecule has 4 N–H and O–H groups in total. The largest absolute Gasteiger partial charge is 0.370 e. The molecular formula is C4H10N2O2. The van der Waals surface area contributed by atoms with E-state index in [1.165, 1.54) is 0 Å². The summed E-state index contributed by atoms with van der Waals surface area (Å²) < 4.78 is 4.77. The number of amides is 1. The lowest BCUT2D eigenvalue weighted by Crippen LogP contribution is -2.36. The maximum Gasteiger partial charge on any atom is 0.246 e. The second-order valence-corrected chi connectivity index (χ2v) is 1.40. The van der Waals surface area contributed by atoms with E-state index in [1.54, 1.807) is 0 Å². The van der Waals surface area contributed by atoms with E-state index in [1.807, 2.05) is 0 Å². The van der Waals surface area contributed by atoms with E-state index in [4.69, 9.17) is 4.74 Å². The molecule has 4 nitrogen and oxygen atoms in total. The predicted octanol–water partition coefficient (Wildman–Crippen LogP) is -0.705. The fourth-order valence-corrected chi connectivity index (χ4v) is 0.479. The predicted molar refractivity (Wildman–Crippen MR) is 28.9 cm³/mol. The average molecular weight is 118 g/mol. The third-order valence-electron chi connectivity index (χ3n) is 0.802. The first-order valence-corrected chi connectivity index (χ1v) is 2.24. The van der Waals surface area contributed by atoms with E-state index in [9.17, 15) is 4.79 Å². The van der Waals surface area contributed by atoms with Gasteiger partial charge < -0.3 is 16.2 Å². The normalized spacial score (nSPS) is 18.8. The fraction of sp³-hybridized carbons (Fsp3) is 0.750. The Labute approximate surface area is 47.8 Å². The molecular weight excluding hydrogens is 108 g/mol. The first-order chi connectivity index (χ1) is 3.39. The molecule has 0 radical (unpaired) electrons. The first kappa shape index (κ1) is 7.39. The van der Waals surface area contributed by atoms with Gasteiger partial charge in [-0.05, 0) is 0 Å². The monoisotopic (exact) mass is 118 g/mol. The number of hydrogen-bond acceptors (Lipinski definition) is 3. The van der Waals surface area contributed by atoms with Crippen LogP contribution in [0.4, 0.5) is 0 Å². The van der Waals surface area contributed by atoms with Crippen molar-refractivity contribution >= 4 is 5.91 Å². The smallest absolute Gasteiger partial charge is 0.246 e. The van der Waals surface area contributed by atoms with Crippen LogP contribution in [0.2, 0.25) is 0 Å². The minimum absolute atomic E-state index is 0. The van der Waals surface area contributed by atoms with Gasteiger partial charge in [0.05, 0.1) is 6.61 Å². The van der Waals surface area contributed by atoms with Gasteiger partial charge in [-0.3, -0.25) is 4.79 Å². The van der Waals surface area contributed by atoms with Crippen LogP contribution in [-0.2, 0) is 9.53 Å². The van der Waals surface area contributed by atoms with Gasteiger partial charge in [-0.2, -0.15) is 0 Å². The number of rotatable bonds is 0. The van der Waals surface area contributed by atoms with Crippen LogP contribution in [0.3, 0.4) is 0 Å². The minimum atomic E-state index is -0.00810. The molecule has 1 aliphatic heterocycles. The molecule has 0 aromatic carbocycles. The van der Waals surface area contributed by atoms with Crippen molar-refractivity contribution in [3.63, 3.8) is 0 Å². The molecule has 0 spiro atoms. The Kier molecular flexibility index (Phi) is 3.14.